The molecule has 4 nitrogen and oxygen atoms in total. The maximum atomic E-state index is 13.0. The molecule has 3 aromatic rings. The zero-order valence-electron chi connectivity index (χ0n) is 15.5. The Kier molecular flexibility index (Phi) is 5.26. The van der Waals surface area contributed by atoms with Crippen LogP contribution >= 0.6 is 0 Å². The number of hydrogen-bond donors (Lipinski definition) is 3. The van der Waals surface area contributed by atoms with Crippen molar-refractivity contribution < 1.29 is 14.3 Å². The van der Waals surface area contributed by atoms with Crippen LogP contribution in [0.2, 0.25) is 0 Å². The van der Waals surface area contributed by atoms with E-state index in [0.717, 1.165) is 24.0 Å². The maximum Gasteiger partial charge on any atom is 0.315 e. The van der Waals surface area contributed by atoms with Crippen LogP contribution in [0.4, 0.5) is 9.18 Å². The van der Waals surface area contributed by atoms with Crippen molar-refractivity contribution in [2.24, 2.45) is 0 Å². The van der Waals surface area contributed by atoms with Crippen molar-refractivity contribution in [3.63, 3.8) is 0 Å². The Hall–Kier alpha value is -2.92. The SMILES string of the molecule is O=C(NC(CO)Cc1ccc(F)cc1)NC1CCc2cccc3cccc1c23. The van der Waals surface area contributed by atoms with E-state index in [-0.39, 0.29) is 24.5 Å². The van der Waals surface area contributed by atoms with Gasteiger partial charge in [0.15, 0.2) is 0 Å². The van der Waals surface area contributed by atoms with Crippen LogP contribution in [0.1, 0.15) is 29.2 Å². The number of urea groups is 1. The molecule has 1 aliphatic carbocycles. The van der Waals surface area contributed by atoms with Crippen LogP contribution in [0, 0.1) is 5.82 Å². The van der Waals surface area contributed by atoms with Crippen molar-refractivity contribution in [1.29, 1.82) is 0 Å². The summed E-state index contributed by atoms with van der Waals surface area (Å²) in [6.45, 7) is -0.187. The van der Waals surface area contributed by atoms with Gasteiger partial charge in [0.25, 0.3) is 0 Å². The highest BCUT2D eigenvalue weighted by molar-refractivity contribution is 5.90. The summed E-state index contributed by atoms with van der Waals surface area (Å²) < 4.78 is 13.0. The van der Waals surface area contributed by atoms with Gasteiger partial charge in [-0.3, -0.25) is 0 Å². The summed E-state index contributed by atoms with van der Waals surface area (Å²) >= 11 is 0. The van der Waals surface area contributed by atoms with Crippen LogP contribution in [0.15, 0.2) is 60.7 Å². The minimum Gasteiger partial charge on any atom is -0.394 e. The average Bonchev–Trinajstić information content (AvgIpc) is 2.71. The summed E-state index contributed by atoms with van der Waals surface area (Å²) in [6, 6.07) is 17.8. The average molecular weight is 378 g/mol. The number of aliphatic hydroxyl groups excluding tert-OH is 1. The Labute approximate surface area is 163 Å². The number of rotatable bonds is 5. The highest BCUT2D eigenvalue weighted by atomic mass is 19.1. The molecule has 144 valence electrons. The summed E-state index contributed by atoms with van der Waals surface area (Å²) in [5, 5.41) is 17.9. The number of aliphatic hydroxyl groups is 1. The van der Waals surface area contributed by atoms with Crippen molar-refractivity contribution in [3.8, 4) is 0 Å². The van der Waals surface area contributed by atoms with Gasteiger partial charge in [-0.1, -0.05) is 48.5 Å². The molecule has 0 bridgehead atoms. The van der Waals surface area contributed by atoms with Crippen molar-refractivity contribution in [2.45, 2.75) is 31.3 Å². The van der Waals surface area contributed by atoms with Crippen LogP contribution < -0.4 is 10.6 Å². The molecule has 0 heterocycles. The zero-order valence-corrected chi connectivity index (χ0v) is 15.5. The summed E-state index contributed by atoms with van der Waals surface area (Å²) in [7, 11) is 0. The molecule has 0 spiro atoms. The summed E-state index contributed by atoms with van der Waals surface area (Å²) in [5.41, 5.74) is 3.31. The monoisotopic (exact) mass is 378 g/mol. The van der Waals surface area contributed by atoms with E-state index in [1.165, 1.54) is 28.5 Å². The lowest BCUT2D eigenvalue weighted by molar-refractivity contribution is 0.212. The third kappa shape index (κ3) is 3.85. The van der Waals surface area contributed by atoms with Gasteiger partial charge in [0.1, 0.15) is 5.82 Å². The Balaban J connectivity index is 1.45. The fraction of sp³-hybridized carbons (Fsp3) is 0.261. The summed E-state index contributed by atoms with van der Waals surface area (Å²) in [5.74, 6) is -0.304. The minimum atomic E-state index is -0.433. The van der Waals surface area contributed by atoms with Gasteiger partial charge in [-0.2, -0.15) is 0 Å². The highest BCUT2D eigenvalue weighted by Crippen LogP contribution is 2.35. The van der Waals surface area contributed by atoms with Crippen LogP contribution in [-0.4, -0.2) is 23.8 Å². The zero-order chi connectivity index (χ0) is 19.5. The summed E-state index contributed by atoms with van der Waals surface area (Å²) in [4.78, 5) is 12.6. The standard InChI is InChI=1S/C23H23FN2O2/c24-18-10-7-15(8-11-18)13-19(14-27)25-23(28)26-21-12-9-17-4-1-3-16-5-2-6-20(21)22(16)17/h1-8,10-11,19,21,27H,9,12-14H2,(H2,25,26,28). The quantitative estimate of drug-likeness (QED) is 0.631. The molecule has 2 unspecified atom stereocenters. The molecule has 3 aromatic carbocycles. The second-order valence-corrected chi connectivity index (χ2v) is 7.28. The van der Waals surface area contributed by atoms with Gasteiger partial charge in [-0.15, -0.1) is 0 Å². The fourth-order valence-electron chi connectivity index (χ4n) is 4.01. The highest BCUT2D eigenvalue weighted by Gasteiger charge is 2.23. The molecule has 0 radical (unpaired) electrons. The molecule has 0 aliphatic heterocycles. The number of amides is 2. The third-order valence-electron chi connectivity index (χ3n) is 5.36. The molecule has 1 aliphatic rings. The number of benzene rings is 3. The second kappa shape index (κ2) is 7.98. The van der Waals surface area contributed by atoms with Gasteiger partial charge in [-0.05, 0) is 58.9 Å². The first-order valence-electron chi connectivity index (χ1n) is 9.57. The first-order valence-corrected chi connectivity index (χ1v) is 9.57. The Morgan fingerprint density at radius 2 is 1.86 bits per heavy atom. The van der Waals surface area contributed by atoms with Gasteiger partial charge in [-0.25, -0.2) is 9.18 Å². The molecule has 4 rings (SSSR count). The van der Waals surface area contributed by atoms with E-state index in [0.29, 0.717) is 6.42 Å². The Morgan fingerprint density at radius 1 is 1.11 bits per heavy atom. The number of nitrogens with one attached hydrogen (secondary N) is 2. The lowest BCUT2D eigenvalue weighted by Crippen LogP contribution is -2.46. The smallest absolute Gasteiger partial charge is 0.315 e. The first-order chi connectivity index (χ1) is 13.6. The number of carbonyl (C=O) groups excluding carboxylic acids is 1. The molecule has 2 atom stereocenters. The van der Waals surface area contributed by atoms with E-state index < -0.39 is 6.04 Å². The van der Waals surface area contributed by atoms with E-state index in [1.54, 1.807) is 12.1 Å². The Morgan fingerprint density at radius 3 is 2.61 bits per heavy atom. The van der Waals surface area contributed by atoms with E-state index in [1.807, 2.05) is 6.07 Å². The largest absolute Gasteiger partial charge is 0.394 e. The Bertz CT molecular complexity index is 982. The molecule has 0 saturated heterocycles. The molecular weight excluding hydrogens is 355 g/mol. The van der Waals surface area contributed by atoms with E-state index in [2.05, 4.69) is 41.0 Å². The number of aryl methyl sites for hydroxylation is 1. The van der Waals surface area contributed by atoms with Crippen LogP contribution in [0.3, 0.4) is 0 Å². The normalized spacial score (nSPS) is 16.6. The van der Waals surface area contributed by atoms with E-state index >= 15 is 0 Å². The number of hydrogen-bond acceptors (Lipinski definition) is 2. The number of halogens is 1. The van der Waals surface area contributed by atoms with Gasteiger partial charge in [0.05, 0.1) is 18.7 Å². The first kappa shape index (κ1) is 18.4. The van der Waals surface area contributed by atoms with Crippen molar-refractivity contribution >= 4 is 16.8 Å². The van der Waals surface area contributed by atoms with Crippen LogP contribution in [0.25, 0.3) is 10.8 Å². The van der Waals surface area contributed by atoms with Crippen LogP contribution in [0.5, 0.6) is 0 Å². The van der Waals surface area contributed by atoms with Crippen molar-refractivity contribution in [3.05, 3.63) is 83.2 Å². The lowest BCUT2D eigenvalue weighted by Gasteiger charge is -2.27. The summed E-state index contributed by atoms with van der Waals surface area (Å²) in [6.07, 6.45) is 2.19. The lowest BCUT2D eigenvalue weighted by atomic mass is 9.85. The fourth-order valence-corrected chi connectivity index (χ4v) is 4.01. The maximum absolute atomic E-state index is 13.0. The second-order valence-electron chi connectivity index (χ2n) is 7.28. The number of carbonyl (C=O) groups is 1. The topological polar surface area (TPSA) is 61.4 Å². The minimum absolute atomic E-state index is 0.0660. The van der Waals surface area contributed by atoms with E-state index in [4.69, 9.17) is 0 Å². The molecule has 3 N–H and O–H groups in total. The molecule has 2 amide bonds. The predicted octanol–water partition coefficient (Wildman–Crippen LogP) is 3.87. The van der Waals surface area contributed by atoms with Crippen molar-refractivity contribution in [2.75, 3.05) is 6.61 Å². The van der Waals surface area contributed by atoms with Gasteiger partial charge < -0.3 is 15.7 Å². The molecule has 0 saturated carbocycles. The van der Waals surface area contributed by atoms with Crippen molar-refractivity contribution in [1.82, 2.24) is 10.6 Å². The van der Waals surface area contributed by atoms with Crippen LogP contribution in [-0.2, 0) is 12.8 Å². The molecular formula is C23H23FN2O2. The molecule has 5 heteroatoms. The molecule has 28 heavy (non-hydrogen) atoms. The predicted molar refractivity (Wildman–Crippen MR) is 108 cm³/mol. The van der Waals surface area contributed by atoms with Gasteiger partial charge in [0.2, 0.25) is 0 Å². The molecule has 0 fully saturated rings. The van der Waals surface area contributed by atoms with Gasteiger partial charge in [0, 0.05) is 0 Å². The third-order valence-corrected chi connectivity index (χ3v) is 5.36. The molecule has 0 aromatic heterocycles. The van der Waals surface area contributed by atoms with E-state index in [9.17, 15) is 14.3 Å². The van der Waals surface area contributed by atoms with Gasteiger partial charge >= 0.3 is 6.03 Å².